The zero-order valence-electron chi connectivity index (χ0n) is 32.0. The summed E-state index contributed by atoms with van der Waals surface area (Å²) in [6, 6.07) is 1.67. The molecule has 5 atom stereocenters. The molecule has 1 aromatic carbocycles. The maximum Gasteiger partial charge on any atom is 0.437 e. The van der Waals surface area contributed by atoms with Gasteiger partial charge in [-0.15, -0.1) is 0 Å². The van der Waals surface area contributed by atoms with Crippen molar-refractivity contribution in [2.75, 3.05) is 13.1 Å². The van der Waals surface area contributed by atoms with E-state index in [1.165, 1.54) is 30.0 Å². The van der Waals surface area contributed by atoms with E-state index in [9.17, 15) is 45.9 Å². The van der Waals surface area contributed by atoms with Gasteiger partial charge in [-0.25, -0.2) is 18.2 Å². The van der Waals surface area contributed by atoms with E-state index in [0.717, 1.165) is 4.90 Å². The molecule has 310 valence electrons. The van der Waals surface area contributed by atoms with Gasteiger partial charge in [0.05, 0.1) is 16.8 Å². The molecule has 57 heavy (non-hydrogen) atoms. The van der Waals surface area contributed by atoms with Crippen molar-refractivity contribution < 1.29 is 50.6 Å². The van der Waals surface area contributed by atoms with Crippen LogP contribution in [0.4, 0.5) is 18.0 Å². The molecule has 4 amide bonds. The van der Waals surface area contributed by atoms with Crippen LogP contribution >= 0.6 is 11.6 Å². The molecular weight excluding hydrogens is 791 g/mol. The zero-order valence-corrected chi connectivity index (χ0v) is 33.5. The number of nitrogens with zero attached hydrogens (tertiary/aromatic N) is 3. The van der Waals surface area contributed by atoms with Gasteiger partial charge < -0.3 is 20.1 Å². The molecule has 1 spiro atoms. The molecule has 1 aromatic heterocycles. The number of benzene rings is 1. The van der Waals surface area contributed by atoms with Crippen molar-refractivity contribution in [1.82, 2.24) is 24.8 Å². The summed E-state index contributed by atoms with van der Waals surface area (Å²) in [6.45, 7) is 4.77. The van der Waals surface area contributed by atoms with Crippen molar-refractivity contribution in [1.29, 1.82) is 0 Å². The number of amides is 4. The van der Waals surface area contributed by atoms with Crippen molar-refractivity contribution in [3.05, 3.63) is 46.6 Å². The van der Waals surface area contributed by atoms with Gasteiger partial charge in [0.25, 0.3) is 5.91 Å². The predicted octanol–water partition coefficient (Wildman–Crippen LogP) is 5.97. The normalized spacial score (nSPS) is 29.3. The van der Waals surface area contributed by atoms with E-state index in [1.54, 1.807) is 19.9 Å². The fourth-order valence-electron chi connectivity index (χ4n) is 8.56. The third-order valence-corrected chi connectivity index (χ3v) is 14.6. The summed E-state index contributed by atoms with van der Waals surface area (Å²) in [5.41, 5.74) is -4.22. The van der Waals surface area contributed by atoms with Crippen LogP contribution in [0.25, 0.3) is 10.9 Å². The Kier molecular flexibility index (Phi) is 10.5. The molecule has 0 radical (unpaired) electrons. The van der Waals surface area contributed by atoms with E-state index in [-0.39, 0.29) is 67.2 Å². The number of aromatic nitrogens is 1. The van der Waals surface area contributed by atoms with Gasteiger partial charge >= 0.3 is 12.3 Å². The number of carbonyl (C=O) groups is 4. The first-order valence-electron chi connectivity index (χ1n) is 19.4. The van der Waals surface area contributed by atoms with Crippen molar-refractivity contribution in [3.8, 4) is 5.75 Å². The van der Waals surface area contributed by atoms with Gasteiger partial charge in [-0.05, 0) is 82.4 Å². The Bertz CT molecular complexity index is 2150. The van der Waals surface area contributed by atoms with Gasteiger partial charge in [-0.2, -0.15) is 13.2 Å². The predicted molar refractivity (Wildman–Crippen MR) is 203 cm³/mol. The molecule has 3 N–H and O–H groups in total. The fraction of sp³-hybridized carbons (Fsp3) is 0.615. The molecule has 18 heteroatoms. The second-order valence-corrected chi connectivity index (χ2v) is 19.6. The molecule has 5 aliphatic rings. The third-order valence-electron chi connectivity index (χ3n) is 12.2. The highest BCUT2D eigenvalue weighted by Gasteiger charge is 2.64. The van der Waals surface area contributed by atoms with Crippen LogP contribution in [0.3, 0.4) is 0 Å². The van der Waals surface area contributed by atoms with Crippen LogP contribution in [-0.2, 0) is 37.0 Å². The van der Waals surface area contributed by atoms with Crippen LogP contribution in [0, 0.1) is 11.8 Å². The number of pyridine rings is 1. The average Bonchev–Trinajstić information content (AvgIpc) is 4.02. The largest absolute Gasteiger partial charge is 0.483 e. The van der Waals surface area contributed by atoms with Crippen molar-refractivity contribution in [2.24, 2.45) is 11.8 Å². The summed E-state index contributed by atoms with van der Waals surface area (Å²) in [7, 11) is -4.10. The second-order valence-electron chi connectivity index (χ2n) is 17.0. The molecule has 0 unspecified atom stereocenters. The minimum atomic E-state index is -4.94. The summed E-state index contributed by atoms with van der Waals surface area (Å²) < 4.78 is 77.8. The Balaban J connectivity index is 1.30. The summed E-state index contributed by atoms with van der Waals surface area (Å²) in [4.78, 5) is 62.3. The molecule has 7 rings (SSSR count). The lowest BCUT2D eigenvalue weighted by molar-refractivity contribution is -0.145. The molecule has 3 fully saturated rings. The van der Waals surface area contributed by atoms with Gasteiger partial charge in [0, 0.05) is 34.9 Å². The minimum Gasteiger partial charge on any atom is -0.483 e. The molecule has 2 aromatic rings. The second kappa shape index (κ2) is 14.6. The number of hydrogen-bond acceptors (Lipinski definition) is 8. The average molecular weight is 838 g/mol. The first-order chi connectivity index (χ1) is 26.7. The Morgan fingerprint density at radius 1 is 1.16 bits per heavy atom. The van der Waals surface area contributed by atoms with Crippen LogP contribution in [0.15, 0.2) is 30.4 Å². The number of halogens is 4. The summed E-state index contributed by atoms with van der Waals surface area (Å²) in [5.74, 6) is -3.76. The summed E-state index contributed by atoms with van der Waals surface area (Å²) >= 11 is 6.25. The molecule has 3 aliphatic heterocycles. The number of carboxylic acid groups (broad SMARTS) is 1. The van der Waals surface area contributed by atoms with Crippen molar-refractivity contribution >= 4 is 56.3 Å². The maximum atomic E-state index is 14.9. The molecule has 1 saturated heterocycles. The number of nitrogens with one attached hydrogen (secondary N) is 2. The van der Waals surface area contributed by atoms with Gasteiger partial charge in [-0.1, -0.05) is 50.4 Å². The summed E-state index contributed by atoms with van der Waals surface area (Å²) in [6.07, 6.45) is 0.468. The quantitative estimate of drug-likeness (QED) is 0.296. The van der Waals surface area contributed by atoms with Gasteiger partial charge in [0.15, 0.2) is 11.4 Å². The lowest BCUT2D eigenvalue weighted by Crippen LogP contribution is -2.59. The number of ether oxygens (including phenoxy) is 1. The number of hydrogen-bond donors (Lipinski definition) is 3. The highest BCUT2D eigenvalue weighted by molar-refractivity contribution is 7.91. The molecule has 2 saturated carbocycles. The summed E-state index contributed by atoms with van der Waals surface area (Å²) in [5, 5.41) is 13.8. The van der Waals surface area contributed by atoms with Gasteiger partial charge in [0.2, 0.25) is 21.8 Å². The highest BCUT2D eigenvalue weighted by Crippen LogP contribution is 2.50. The Morgan fingerprint density at radius 3 is 2.56 bits per heavy atom. The van der Waals surface area contributed by atoms with Gasteiger partial charge in [0.1, 0.15) is 23.2 Å². The molecule has 2 aliphatic carbocycles. The van der Waals surface area contributed by atoms with Crippen LogP contribution in [0.5, 0.6) is 5.75 Å². The number of allylic oxidation sites excluding steroid dienone is 1. The van der Waals surface area contributed by atoms with Crippen LogP contribution in [0.1, 0.15) is 96.2 Å². The topological polar surface area (TPSA) is 175 Å². The van der Waals surface area contributed by atoms with E-state index in [2.05, 4.69) is 15.0 Å². The number of alkyl halides is 3. The zero-order chi connectivity index (χ0) is 41.3. The molecule has 13 nitrogen and oxygen atoms in total. The van der Waals surface area contributed by atoms with E-state index in [4.69, 9.17) is 16.3 Å². The monoisotopic (exact) mass is 837 g/mol. The molecule has 0 bridgehead atoms. The third kappa shape index (κ3) is 7.77. The Hall–Kier alpha value is -4.12. The fourth-order valence-corrected chi connectivity index (χ4v) is 10.0. The highest BCUT2D eigenvalue weighted by atomic mass is 35.5. The number of rotatable bonds is 6. The molecule has 4 heterocycles. The van der Waals surface area contributed by atoms with E-state index in [0.29, 0.717) is 43.9 Å². The lowest BCUT2D eigenvalue weighted by atomic mass is 9.87. The Labute approximate surface area is 333 Å². The van der Waals surface area contributed by atoms with Crippen molar-refractivity contribution in [2.45, 2.75) is 126 Å². The van der Waals surface area contributed by atoms with E-state index >= 15 is 0 Å². The van der Waals surface area contributed by atoms with Crippen molar-refractivity contribution in [3.63, 3.8) is 0 Å². The SMILES string of the molecule is CC(C)CN(C(=O)O)[C@H]1CCCCC/C=C\[C@@H]2C[C@@]2(C(=O)NS(=O)(=O)C2(C)CC2)NC(=O)[C@@H]2C[C@]3(CCc4c(c(C(F)(F)F)nc5ccc(Cl)cc45)O3)CN2C1=O. The van der Waals surface area contributed by atoms with Crippen LogP contribution in [-0.4, -0.2) is 93.2 Å². The standard InChI is InChI=1S/C39H47ClF3N5O8S/c1-22(2)20-47(35(52)53)28-10-8-6-4-5-7-9-23-18-38(23,34(51)46-57(54,55)36(3)15-16-36)45-32(49)29-19-37(21-48(29)33(28)50)14-13-25-26-17-24(40)11-12-27(26)44-31(30(25)56-37)39(41,42)43/h7,9,11-12,17,22-23,28-29H,4-6,8,10,13-16,18-21H2,1-3H3,(H,45,49)(H,46,51)(H,52,53)/b9-7-/t23-,28+,29+,37-,38-/m1/s1. The molecular formula is C39H47ClF3N5O8S. The minimum absolute atomic E-state index is 0.00278. The Morgan fingerprint density at radius 2 is 1.89 bits per heavy atom. The first kappa shape index (κ1) is 41.1. The number of fused-ring (bicyclic) bond motifs is 5. The maximum absolute atomic E-state index is 14.9. The number of aryl methyl sites for hydroxylation is 1. The van der Waals surface area contributed by atoms with Gasteiger partial charge in [-0.3, -0.25) is 24.0 Å². The number of carbonyl (C=O) groups excluding carboxylic acids is 3. The first-order valence-corrected chi connectivity index (χ1v) is 21.3. The van der Waals surface area contributed by atoms with E-state index < -0.39 is 85.3 Å². The van der Waals surface area contributed by atoms with Crippen LogP contribution in [0.2, 0.25) is 5.02 Å². The number of sulfonamides is 1. The lowest BCUT2D eigenvalue weighted by Gasteiger charge is -2.38. The van der Waals surface area contributed by atoms with E-state index in [1.807, 2.05) is 6.08 Å². The van der Waals surface area contributed by atoms with Crippen LogP contribution < -0.4 is 14.8 Å². The smallest absolute Gasteiger partial charge is 0.437 e.